The summed E-state index contributed by atoms with van der Waals surface area (Å²) in [6.07, 6.45) is 0. The number of aromatic nitrogens is 2. The van der Waals surface area contributed by atoms with Gasteiger partial charge in [-0.1, -0.05) is 11.6 Å². The Morgan fingerprint density at radius 1 is 1.42 bits per heavy atom. The molecule has 2 rings (SSSR count). The Morgan fingerprint density at radius 3 is 2.74 bits per heavy atom. The van der Waals surface area contributed by atoms with Crippen molar-refractivity contribution in [2.75, 3.05) is 12.4 Å². The summed E-state index contributed by atoms with van der Waals surface area (Å²) in [5, 5.41) is 7.86. The average molecular weight is 280 g/mol. The van der Waals surface area contributed by atoms with Gasteiger partial charge in [0.1, 0.15) is 5.82 Å². The minimum Gasteiger partial charge on any atom is -0.465 e. The van der Waals surface area contributed by atoms with Gasteiger partial charge in [0.25, 0.3) is 0 Å². The lowest BCUT2D eigenvalue weighted by Crippen LogP contribution is -2.07. The zero-order valence-corrected chi connectivity index (χ0v) is 11.7. The molecule has 0 aliphatic heterocycles. The van der Waals surface area contributed by atoms with Crippen molar-refractivity contribution in [2.24, 2.45) is 7.05 Å². The Morgan fingerprint density at radius 2 is 2.16 bits per heavy atom. The van der Waals surface area contributed by atoms with E-state index in [1.54, 1.807) is 22.9 Å². The van der Waals surface area contributed by atoms with Crippen LogP contribution >= 0.6 is 11.6 Å². The number of aryl methyl sites for hydroxylation is 2. The first-order valence-electron chi connectivity index (χ1n) is 5.67. The van der Waals surface area contributed by atoms with Gasteiger partial charge in [-0.2, -0.15) is 5.10 Å². The molecule has 1 aromatic heterocycles. The van der Waals surface area contributed by atoms with Gasteiger partial charge in [-0.05, 0) is 25.1 Å². The summed E-state index contributed by atoms with van der Waals surface area (Å²) in [5.41, 5.74) is 1.90. The first-order valence-corrected chi connectivity index (χ1v) is 6.04. The third-order valence-corrected chi connectivity index (χ3v) is 2.89. The van der Waals surface area contributed by atoms with Gasteiger partial charge < -0.3 is 10.1 Å². The number of halogens is 1. The van der Waals surface area contributed by atoms with Gasteiger partial charge in [0, 0.05) is 18.1 Å². The second-order valence-corrected chi connectivity index (χ2v) is 4.54. The molecule has 0 fully saturated rings. The van der Waals surface area contributed by atoms with E-state index in [9.17, 15) is 4.79 Å². The van der Waals surface area contributed by atoms with Crippen molar-refractivity contribution < 1.29 is 9.53 Å². The van der Waals surface area contributed by atoms with E-state index < -0.39 is 5.97 Å². The number of methoxy groups -OCH3 is 1. The number of nitrogens with one attached hydrogen (secondary N) is 1. The van der Waals surface area contributed by atoms with Gasteiger partial charge in [-0.25, -0.2) is 4.79 Å². The summed E-state index contributed by atoms with van der Waals surface area (Å²) in [6, 6.07) is 6.89. The summed E-state index contributed by atoms with van der Waals surface area (Å²) in [4.78, 5) is 11.7. The van der Waals surface area contributed by atoms with Crippen molar-refractivity contribution in [3.63, 3.8) is 0 Å². The lowest BCUT2D eigenvalue weighted by molar-refractivity contribution is 0.0602. The molecule has 0 saturated carbocycles. The molecule has 1 aromatic carbocycles. The molecule has 100 valence electrons. The summed E-state index contributed by atoms with van der Waals surface area (Å²) in [6.45, 7) is 1.90. The maximum absolute atomic E-state index is 11.7. The summed E-state index contributed by atoms with van der Waals surface area (Å²) < 4.78 is 6.44. The third-order valence-electron chi connectivity index (χ3n) is 2.65. The number of ether oxygens (including phenoxy) is 1. The maximum Gasteiger partial charge on any atom is 0.340 e. The Labute approximate surface area is 116 Å². The molecule has 2 aromatic rings. The van der Waals surface area contributed by atoms with Crippen LogP contribution in [0.5, 0.6) is 0 Å². The number of carbonyl (C=O) groups is 1. The number of nitrogens with zero attached hydrogens (tertiary/aromatic N) is 2. The predicted molar refractivity (Wildman–Crippen MR) is 74.0 cm³/mol. The topological polar surface area (TPSA) is 56.1 Å². The predicted octanol–water partition coefficient (Wildman–Crippen LogP) is 2.91. The number of hydrogen-bond acceptors (Lipinski definition) is 4. The first kappa shape index (κ1) is 13.4. The number of carbonyl (C=O) groups excluding carboxylic acids is 1. The van der Waals surface area contributed by atoms with E-state index in [1.807, 2.05) is 20.0 Å². The van der Waals surface area contributed by atoms with Crippen LogP contribution in [0.25, 0.3) is 0 Å². The molecule has 0 amide bonds. The zero-order chi connectivity index (χ0) is 14.0. The second-order valence-electron chi connectivity index (χ2n) is 4.10. The van der Waals surface area contributed by atoms with Crippen molar-refractivity contribution in [2.45, 2.75) is 6.92 Å². The normalized spacial score (nSPS) is 10.3. The molecular formula is C13H14ClN3O2. The van der Waals surface area contributed by atoms with E-state index >= 15 is 0 Å². The lowest BCUT2D eigenvalue weighted by Gasteiger charge is -2.11. The van der Waals surface area contributed by atoms with Crippen LogP contribution in [0.1, 0.15) is 16.1 Å². The number of hydrogen-bond donors (Lipinski definition) is 1. The Hall–Kier alpha value is -2.01. The maximum atomic E-state index is 11.7. The smallest absolute Gasteiger partial charge is 0.340 e. The molecule has 0 atom stereocenters. The van der Waals surface area contributed by atoms with E-state index in [-0.39, 0.29) is 0 Å². The van der Waals surface area contributed by atoms with Crippen molar-refractivity contribution in [1.29, 1.82) is 0 Å². The summed E-state index contributed by atoms with van der Waals surface area (Å²) in [5.74, 6) is 0.342. The molecule has 0 aliphatic carbocycles. The summed E-state index contributed by atoms with van der Waals surface area (Å²) >= 11 is 5.90. The van der Waals surface area contributed by atoms with Crippen molar-refractivity contribution in [3.05, 3.63) is 40.5 Å². The van der Waals surface area contributed by atoms with Crippen LogP contribution in [0.4, 0.5) is 11.5 Å². The highest BCUT2D eigenvalue weighted by Crippen LogP contribution is 2.25. The Kier molecular flexibility index (Phi) is 3.76. The molecule has 0 radical (unpaired) electrons. The standard InChI is InChI=1S/C13H14ClN3O2/c1-8-6-12(17(2)16-8)15-11-5-4-9(14)7-10(11)13(18)19-3/h4-7,15H,1-3H3. The molecule has 0 saturated heterocycles. The van der Waals surface area contributed by atoms with Crippen molar-refractivity contribution in [3.8, 4) is 0 Å². The highest BCUT2D eigenvalue weighted by Gasteiger charge is 2.14. The number of benzene rings is 1. The van der Waals surface area contributed by atoms with E-state index in [0.29, 0.717) is 16.3 Å². The largest absolute Gasteiger partial charge is 0.465 e. The number of anilines is 2. The number of esters is 1. The molecule has 0 aliphatic rings. The van der Waals surface area contributed by atoms with E-state index in [0.717, 1.165) is 11.5 Å². The van der Waals surface area contributed by atoms with Crippen molar-refractivity contribution >= 4 is 29.1 Å². The zero-order valence-electron chi connectivity index (χ0n) is 10.9. The van der Waals surface area contributed by atoms with Crippen LogP contribution < -0.4 is 5.32 Å². The number of rotatable bonds is 3. The first-order chi connectivity index (χ1) is 9.01. The third kappa shape index (κ3) is 2.88. The van der Waals surface area contributed by atoms with Crippen molar-refractivity contribution in [1.82, 2.24) is 9.78 Å². The van der Waals surface area contributed by atoms with Gasteiger partial charge in [-0.3, -0.25) is 4.68 Å². The van der Waals surface area contributed by atoms with Crippen LogP contribution in [0.3, 0.4) is 0 Å². The van der Waals surface area contributed by atoms with Gasteiger partial charge in [0.15, 0.2) is 0 Å². The van der Waals surface area contributed by atoms with Gasteiger partial charge in [0.2, 0.25) is 0 Å². The molecule has 1 heterocycles. The van der Waals surface area contributed by atoms with Crippen LogP contribution in [-0.2, 0) is 11.8 Å². The van der Waals surface area contributed by atoms with Gasteiger partial charge >= 0.3 is 5.97 Å². The Balaban J connectivity index is 2.39. The highest BCUT2D eigenvalue weighted by molar-refractivity contribution is 6.31. The van der Waals surface area contributed by atoms with E-state index in [4.69, 9.17) is 16.3 Å². The lowest BCUT2D eigenvalue weighted by atomic mass is 10.2. The molecule has 1 N–H and O–H groups in total. The van der Waals surface area contributed by atoms with Crippen LogP contribution in [-0.4, -0.2) is 22.9 Å². The fourth-order valence-corrected chi connectivity index (χ4v) is 1.94. The van der Waals surface area contributed by atoms with Crippen LogP contribution in [0.2, 0.25) is 5.02 Å². The minimum atomic E-state index is -0.441. The van der Waals surface area contributed by atoms with Crippen LogP contribution in [0, 0.1) is 6.92 Å². The van der Waals surface area contributed by atoms with Crippen LogP contribution in [0.15, 0.2) is 24.3 Å². The minimum absolute atomic E-state index is 0.383. The van der Waals surface area contributed by atoms with Gasteiger partial charge in [-0.15, -0.1) is 0 Å². The summed E-state index contributed by atoms with van der Waals surface area (Å²) in [7, 11) is 3.16. The second kappa shape index (κ2) is 5.32. The monoisotopic (exact) mass is 279 g/mol. The van der Waals surface area contributed by atoms with E-state index in [1.165, 1.54) is 7.11 Å². The molecule has 6 heteroatoms. The molecular weight excluding hydrogens is 266 g/mol. The molecule has 19 heavy (non-hydrogen) atoms. The fraction of sp³-hybridized carbons (Fsp3) is 0.231. The highest BCUT2D eigenvalue weighted by atomic mass is 35.5. The Bertz CT molecular complexity index is 622. The van der Waals surface area contributed by atoms with Gasteiger partial charge in [0.05, 0.1) is 24.1 Å². The molecule has 0 spiro atoms. The molecule has 5 nitrogen and oxygen atoms in total. The molecule has 0 bridgehead atoms. The molecule has 0 unspecified atom stereocenters. The SMILES string of the molecule is COC(=O)c1cc(Cl)ccc1Nc1cc(C)nn1C. The quantitative estimate of drug-likeness (QED) is 0.878. The average Bonchev–Trinajstić information content (AvgIpc) is 2.69. The van der Waals surface area contributed by atoms with E-state index in [2.05, 4.69) is 10.4 Å². The fourth-order valence-electron chi connectivity index (χ4n) is 1.77.